The van der Waals surface area contributed by atoms with Crippen LogP contribution in [-0.2, 0) is 12.7 Å². The van der Waals surface area contributed by atoms with Gasteiger partial charge in [0.2, 0.25) is 5.88 Å². The van der Waals surface area contributed by atoms with Gasteiger partial charge in [-0.05, 0) is 60.5 Å². The van der Waals surface area contributed by atoms with Gasteiger partial charge in [-0.1, -0.05) is 12.1 Å². The summed E-state index contributed by atoms with van der Waals surface area (Å²) in [6, 6.07) is 15.9. The zero-order chi connectivity index (χ0) is 30.0. The number of hydrogen-bond acceptors (Lipinski definition) is 8. The maximum absolute atomic E-state index is 14.0. The fourth-order valence-electron chi connectivity index (χ4n) is 4.85. The molecule has 1 saturated heterocycles. The minimum Gasteiger partial charge on any atom is -0.437 e. The zero-order valence-electron chi connectivity index (χ0n) is 23.1. The van der Waals surface area contributed by atoms with Gasteiger partial charge in [0.25, 0.3) is 5.91 Å². The quantitative estimate of drug-likeness (QED) is 0.225. The van der Waals surface area contributed by atoms with E-state index in [1.54, 1.807) is 48.8 Å². The van der Waals surface area contributed by atoms with E-state index in [1.807, 2.05) is 23.4 Å². The summed E-state index contributed by atoms with van der Waals surface area (Å²) in [6.07, 6.45) is -1.28. The van der Waals surface area contributed by atoms with Crippen LogP contribution >= 0.6 is 11.3 Å². The third-order valence-corrected chi connectivity index (χ3v) is 8.08. The number of benzene rings is 2. The normalized spacial score (nSPS) is 14.6. The number of fused-ring (bicyclic) bond motifs is 1. The summed E-state index contributed by atoms with van der Waals surface area (Å²) in [6.45, 7) is 3.14. The molecule has 8 nitrogen and oxygen atoms in total. The fraction of sp³-hybridized carbons (Fsp3) is 0.226. The van der Waals surface area contributed by atoms with Gasteiger partial charge in [-0.25, -0.2) is 4.98 Å². The predicted molar refractivity (Wildman–Crippen MR) is 159 cm³/mol. The first kappa shape index (κ1) is 28.7. The largest absolute Gasteiger partial charge is 0.437 e. The van der Waals surface area contributed by atoms with Crippen molar-refractivity contribution in [2.24, 2.45) is 0 Å². The molecule has 6 rings (SSSR count). The molecule has 43 heavy (non-hydrogen) atoms. The van der Waals surface area contributed by atoms with Crippen LogP contribution < -0.4 is 10.1 Å². The average molecular weight is 605 g/mol. The van der Waals surface area contributed by atoms with Crippen LogP contribution in [0.2, 0.25) is 0 Å². The number of aromatic nitrogens is 3. The minimum atomic E-state index is -4.59. The van der Waals surface area contributed by atoms with Gasteiger partial charge in [0.05, 0.1) is 11.1 Å². The van der Waals surface area contributed by atoms with Crippen LogP contribution in [0.25, 0.3) is 21.6 Å². The van der Waals surface area contributed by atoms with E-state index in [-0.39, 0.29) is 17.7 Å². The van der Waals surface area contributed by atoms with Gasteiger partial charge < -0.3 is 15.0 Å². The molecule has 3 aromatic heterocycles. The minimum absolute atomic E-state index is 0.0844. The van der Waals surface area contributed by atoms with E-state index < -0.39 is 17.6 Å². The number of nitrogens with one attached hydrogen (secondary N) is 1. The number of alkyl halides is 3. The molecule has 1 amide bonds. The molecule has 0 aliphatic carbocycles. The highest BCUT2D eigenvalue weighted by atomic mass is 32.1. The number of ether oxygens (including phenoxy) is 1. The Bertz CT molecular complexity index is 1750. The second kappa shape index (κ2) is 12.1. The number of amides is 1. The molecule has 1 fully saturated rings. The molecule has 0 spiro atoms. The summed E-state index contributed by atoms with van der Waals surface area (Å²) in [5.74, 6) is 0.562. The Morgan fingerprint density at radius 1 is 1.00 bits per heavy atom. The highest BCUT2D eigenvalue weighted by Crippen LogP contribution is 2.35. The van der Waals surface area contributed by atoms with Crippen LogP contribution in [0.3, 0.4) is 0 Å². The number of halogens is 3. The number of nitrogens with zero attached hydrogens (tertiary/aromatic N) is 5. The summed E-state index contributed by atoms with van der Waals surface area (Å²) in [7, 11) is 1.99. The van der Waals surface area contributed by atoms with Crippen LogP contribution in [0.4, 0.5) is 18.9 Å². The SMILES string of the molecule is CN1CCN(Cc2ccc(C(=O)Nc3cccc(Oc4nc(-c5ccncc5)nc5ccsc45)c3)cc2C(F)(F)F)CC1. The van der Waals surface area contributed by atoms with Crippen molar-refractivity contribution in [3.63, 3.8) is 0 Å². The molecule has 220 valence electrons. The van der Waals surface area contributed by atoms with Gasteiger partial charge >= 0.3 is 6.18 Å². The highest BCUT2D eigenvalue weighted by Gasteiger charge is 2.34. The van der Waals surface area contributed by atoms with Crippen molar-refractivity contribution in [3.8, 4) is 23.0 Å². The van der Waals surface area contributed by atoms with Gasteiger partial charge in [-0.2, -0.15) is 18.2 Å². The molecule has 4 heterocycles. The smallest absolute Gasteiger partial charge is 0.416 e. The predicted octanol–water partition coefficient (Wildman–Crippen LogP) is 6.56. The maximum atomic E-state index is 14.0. The lowest BCUT2D eigenvalue weighted by atomic mass is 10.0. The number of hydrogen-bond donors (Lipinski definition) is 1. The Hall–Kier alpha value is -4.39. The summed E-state index contributed by atoms with van der Waals surface area (Å²) in [4.78, 5) is 30.5. The van der Waals surface area contributed by atoms with E-state index in [1.165, 1.54) is 23.5 Å². The van der Waals surface area contributed by atoms with Crippen molar-refractivity contribution in [2.75, 3.05) is 38.5 Å². The van der Waals surface area contributed by atoms with Crippen molar-refractivity contribution >= 4 is 33.1 Å². The monoisotopic (exact) mass is 604 g/mol. The van der Waals surface area contributed by atoms with Gasteiger partial charge in [-0.15, -0.1) is 11.3 Å². The third kappa shape index (κ3) is 6.66. The Morgan fingerprint density at radius 2 is 1.79 bits per heavy atom. The van der Waals surface area contributed by atoms with Crippen molar-refractivity contribution < 1.29 is 22.7 Å². The number of carbonyl (C=O) groups is 1. The molecule has 2 aromatic carbocycles. The van der Waals surface area contributed by atoms with Crippen molar-refractivity contribution in [1.82, 2.24) is 24.8 Å². The summed E-state index contributed by atoms with van der Waals surface area (Å²) < 4.78 is 49.0. The lowest BCUT2D eigenvalue weighted by Gasteiger charge is -2.33. The Kier molecular flexibility index (Phi) is 8.06. The van der Waals surface area contributed by atoms with Gasteiger partial charge in [0, 0.05) is 68.0 Å². The Balaban J connectivity index is 1.21. The van der Waals surface area contributed by atoms with E-state index in [0.29, 0.717) is 36.2 Å². The summed E-state index contributed by atoms with van der Waals surface area (Å²) in [5.41, 5.74) is 1.14. The molecule has 1 aliphatic heterocycles. The molecule has 0 unspecified atom stereocenters. The molecule has 5 aromatic rings. The van der Waals surface area contributed by atoms with Gasteiger partial charge in [0.15, 0.2) is 5.82 Å². The number of thiophene rings is 1. The van der Waals surface area contributed by atoms with Crippen LogP contribution in [0.15, 0.2) is 78.4 Å². The van der Waals surface area contributed by atoms with Crippen LogP contribution in [0.5, 0.6) is 11.6 Å². The summed E-state index contributed by atoms with van der Waals surface area (Å²) >= 11 is 1.44. The maximum Gasteiger partial charge on any atom is 0.416 e. The number of rotatable bonds is 7. The molecule has 1 aliphatic rings. The van der Waals surface area contributed by atoms with Crippen molar-refractivity contribution in [1.29, 1.82) is 0 Å². The van der Waals surface area contributed by atoms with E-state index >= 15 is 0 Å². The number of pyridine rings is 1. The first-order chi connectivity index (χ1) is 20.7. The zero-order valence-corrected chi connectivity index (χ0v) is 24.0. The van der Waals surface area contributed by atoms with E-state index in [2.05, 4.69) is 25.2 Å². The molecule has 12 heteroatoms. The third-order valence-electron chi connectivity index (χ3n) is 7.18. The van der Waals surface area contributed by atoms with E-state index in [9.17, 15) is 18.0 Å². The molecular formula is C31H27F3N6O2S. The van der Waals surface area contributed by atoms with Crippen LogP contribution in [-0.4, -0.2) is 63.9 Å². The molecule has 0 bridgehead atoms. The first-order valence-electron chi connectivity index (χ1n) is 13.6. The molecule has 1 N–H and O–H groups in total. The number of anilines is 1. The second-order valence-corrected chi connectivity index (χ2v) is 11.2. The summed E-state index contributed by atoms with van der Waals surface area (Å²) in [5, 5.41) is 4.59. The molecule has 0 radical (unpaired) electrons. The molecule has 0 atom stereocenters. The van der Waals surface area contributed by atoms with Crippen LogP contribution in [0, 0.1) is 0 Å². The first-order valence-corrected chi connectivity index (χ1v) is 14.5. The number of likely N-dealkylation sites (N-methyl/N-ethyl adjacent to an activating group) is 1. The van der Waals surface area contributed by atoms with E-state index in [0.717, 1.165) is 34.9 Å². The van der Waals surface area contributed by atoms with Crippen molar-refractivity contribution in [2.45, 2.75) is 12.7 Å². The lowest BCUT2D eigenvalue weighted by molar-refractivity contribution is -0.138. The van der Waals surface area contributed by atoms with E-state index in [4.69, 9.17) is 4.74 Å². The fourth-order valence-corrected chi connectivity index (χ4v) is 5.61. The standard InChI is InChI=1S/C31H27F3N6O2S/c1-39-12-14-40(15-13-39)19-22-6-5-21(17-25(22)31(32,33)34)29(41)36-23-3-2-4-24(18-23)42-30-27-26(9-16-43-27)37-28(38-30)20-7-10-35-11-8-20/h2-11,16-18H,12-15,19H2,1H3,(H,36,41). The molecular weight excluding hydrogens is 577 g/mol. The topological polar surface area (TPSA) is 83.5 Å². The lowest BCUT2D eigenvalue weighted by Crippen LogP contribution is -2.44. The Labute approximate surface area is 249 Å². The van der Waals surface area contributed by atoms with Gasteiger partial charge in [0.1, 0.15) is 10.4 Å². The molecule has 0 saturated carbocycles. The second-order valence-electron chi connectivity index (χ2n) is 10.3. The number of carbonyl (C=O) groups excluding carboxylic acids is 1. The average Bonchev–Trinajstić information content (AvgIpc) is 3.48. The highest BCUT2D eigenvalue weighted by molar-refractivity contribution is 7.17. The Morgan fingerprint density at radius 3 is 2.56 bits per heavy atom. The van der Waals surface area contributed by atoms with Gasteiger partial charge in [-0.3, -0.25) is 14.7 Å². The number of piperazine rings is 1. The van der Waals surface area contributed by atoms with Crippen molar-refractivity contribution in [3.05, 3.63) is 95.1 Å². The van der Waals surface area contributed by atoms with Crippen LogP contribution in [0.1, 0.15) is 21.5 Å².